The molecule has 0 aliphatic rings. The van der Waals surface area contributed by atoms with Crippen molar-refractivity contribution in [1.82, 2.24) is 0 Å². The van der Waals surface area contributed by atoms with Gasteiger partial charge in [0.1, 0.15) is 0 Å². The van der Waals surface area contributed by atoms with E-state index in [1.54, 1.807) is 14.2 Å². The first-order valence-electron chi connectivity index (χ1n) is 11.7. The second-order valence-corrected chi connectivity index (χ2v) is 7.01. The fraction of sp³-hybridized carbons (Fsp3) is 0.833. The van der Waals surface area contributed by atoms with E-state index in [0.717, 1.165) is 25.7 Å². The molecular weight excluding hydrogens is 400 g/mol. The van der Waals surface area contributed by atoms with Crippen molar-refractivity contribution in [3.05, 3.63) is 24.3 Å². The molecule has 0 amide bonds. The van der Waals surface area contributed by atoms with Crippen molar-refractivity contribution in [3.63, 3.8) is 0 Å². The molecule has 7 nitrogen and oxygen atoms in total. The molecule has 2 unspecified atom stereocenters. The summed E-state index contributed by atoms with van der Waals surface area (Å²) in [6.07, 6.45) is 11.1. The molecule has 0 fully saturated rings. The van der Waals surface area contributed by atoms with Crippen molar-refractivity contribution >= 4 is 0 Å². The molecule has 2 atom stereocenters. The Bertz CT molecular complexity index is 374. The number of methoxy groups -OCH3 is 2. The fourth-order valence-corrected chi connectivity index (χ4v) is 2.46. The molecule has 0 bridgehead atoms. The van der Waals surface area contributed by atoms with Crippen LogP contribution in [0.15, 0.2) is 24.3 Å². The SMILES string of the molecule is CCCOC(CC=CC(OC)OC(C=CCC(OCCC)OCCC)OC)OCCC. The van der Waals surface area contributed by atoms with Crippen molar-refractivity contribution in [3.8, 4) is 0 Å². The van der Waals surface area contributed by atoms with Crippen LogP contribution in [0.25, 0.3) is 0 Å². The van der Waals surface area contributed by atoms with Crippen LogP contribution >= 0.6 is 0 Å². The maximum absolute atomic E-state index is 5.86. The third kappa shape index (κ3) is 17.4. The van der Waals surface area contributed by atoms with Crippen LogP contribution < -0.4 is 0 Å². The fourth-order valence-electron chi connectivity index (χ4n) is 2.46. The van der Waals surface area contributed by atoms with Crippen LogP contribution in [0.1, 0.15) is 66.2 Å². The maximum Gasteiger partial charge on any atom is 0.179 e. The van der Waals surface area contributed by atoms with Crippen molar-refractivity contribution in [2.75, 3.05) is 40.6 Å². The van der Waals surface area contributed by atoms with Gasteiger partial charge in [-0.1, -0.05) is 39.8 Å². The van der Waals surface area contributed by atoms with Crippen LogP contribution in [-0.2, 0) is 33.2 Å². The minimum absolute atomic E-state index is 0.255. The first-order valence-corrected chi connectivity index (χ1v) is 11.7. The quantitative estimate of drug-likeness (QED) is 0.167. The zero-order valence-corrected chi connectivity index (χ0v) is 20.5. The average Bonchev–Trinajstić information content (AvgIpc) is 2.79. The Kier molecular flexibility index (Phi) is 21.8. The van der Waals surface area contributed by atoms with Gasteiger partial charge in [-0.15, -0.1) is 0 Å². The third-order valence-corrected chi connectivity index (χ3v) is 4.01. The number of ether oxygens (including phenoxy) is 7. The van der Waals surface area contributed by atoms with Gasteiger partial charge in [-0.05, 0) is 37.8 Å². The van der Waals surface area contributed by atoms with Gasteiger partial charge < -0.3 is 33.2 Å². The summed E-state index contributed by atoms with van der Waals surface area (Å²) in [7, 11) is 3.19. The van der Waals surface area contributed by atoms with Gasteiger partial charge >= 0.3 is 0 Å². The Balaban J connectivity index is 4.62. The molecule has 0 N–H and O–H groups in total. The summed E-state index contributed by atoms with van der Waals surface area (Å²) in [6.45, 7) is 11.0. The first kappa shape index (κ1) is 30.2. The molecule has 0 aliphatic carbocycles. The van der Waals surface area contributed by atoms with Gasteiger partial charge in [0.15, 0.2) is 25.2 Å². The lowest BCUT2D eigenvalue weighted by molar-refractivity contribution is -0.189. The summed E-state index contributed by atoms with van der Waals surface area (Å²) < 4.78 is 39.6. The molecule has 0 aromatic carbocycles. The predicted molar refractivity (Wildman–Crippen MR) is 123 cm³/mol. The average molecular weight is 447 g/mol. The van der Waals surface area contributed by atoms with Crippen molar-refractivity contribution in [2.45, 2.75) is 91.4 Å². The standard InChI is InChI=1S/C24H46O7/c1-7-17-27-23(28-18-8-2)15-11-13-21(25-5)31-22(26-6)14-12-16-24(29-19-9-3)30-20-10-4/h11-14,21-24H,7-10,15-20H2,1-6H3. The number of hydrogen-bond donors (Lipinski definition) is 0. The third-order valence-electron chi connectivity index (χ3n) is 4.01. The van der Waals surface area contributed by atoms with Crippen LogP contribution in [0.3, 0.4) is 0 Å². The molecule has 0 saturated heterocycles. The highest BCUT2D eigenvalue weighted by Crippen LogP contribution is 2.10. The topological polar surface area (TPSA) is 64.6 Å². The minimum atomic E-state index is -0.545. The second kappa shape index (κ2) is 22.4. The monoisotopic (exact) mass is 446 g/mol. The molecular formula is C24H46O7. The van der Waals surface area contributed by atoms with Gasteiger partial charge in [0, 0.05) is 53.5 Å². The zero-order chi connectivity index (χ0) is 23.2. The van der Waals surface area contributed by atoms with Crippen LogP contribution in [0.2, 0.25) is 0 Å². The normalized spacial score (nSPS) is 14.5. The molecule has 0 heterocycles. The molecule has 0 spiro atoms. The summed E-state index contributed by atoms with van der Waals surface area (Å²) >= 11 is 0. The summed E-state index contributed by atoms with van der Waals surface area (Å²) in [6, 6.07) is 0. The lowest BCUT2D eigenvalue weighted by Crippen LogP contribution is -2.23. The Morgan fingerprint density at radius 1 is 0.548 bits per heavy atom. The lowest BCUT2D eigenvalue weighted by Gasteiger charge is -2.20. The van der Waals surface area contributed by atoms with E-state index in [1.165, 1.54) is 0 Å². The number of rotatable bonds is 22. The smallest absolute Gasteiger partial charge is 0.179 e. The lowest BCUT2D eigenvalue weighted by atomic mass is 10.3. The Hall–Kier alpha value is -0.800. The highest BCUT2D eigenvalue weighted by atomic mass is 16.8. The van der Waals surface area contributed by atoms with Gasteiger partial charge in [0.05, 0.1) is 0 Å². The van der Waals surface area contributed by atoms with E-state index in [-0.39, 0.29) is 12.6 Å². The number of hydrogen-bond acceptors (Lipinski definition) is 7. The van der Waals surface area contributed by atoms with Crippen LogP contribution in [0.5, 0.6) is 0 Å². The van der Waals surface area contributed by atoms with E-state index >= 15 is 0 Å². The van der Waals surface area contributed by atoms with Crippen LogP contribution in [0.4, 0.5) is 0 Å². The summed E-state index contributed by atoms with van der Waals surface area (Å²) in [5, 5.41) is 0. The molecule has 0 aliphatic heterocycles. The molecule has 184 valence electrons. The summed E-state index contributed by atoms with van der Waals surface area (Å²) in [5.41, 5.74) is 0. The van der Waals surface area contributed by atoms with Gasteiger partial charge in [-0.3, -0.25) is 0 Å². The van der Waals surface area contributed by atoms with Gasteiger partial charge in [0.25, 0.3) is 0 Å². The van der Waals surface area contributed by atoms with Crippen molar-refractivity contribution < 1.29 is 33.2 Å². The molecule has 7 heteroatoms. The van der Waals surface area contributed by atoms with E-state index in [9.17, 15) is 0 Å². The van der Waals surface area contributed by atoms with Gasteiger partial charge in [-0.2, -0.15) is 0 Å². The summed E-state index contributed by atoms with van der Waals surface area (Å²) in [5.74, 6) is 0. The highest BCUT2D eigenvalue weighted by molar-refractivity contribution is 4.90. The van der Waals surface area contributed by atoms with E-state index in [4.69, 9.17) is 33.2 Å². The Morgan fingerprint density at radius 3 is 1.13 bits per heavy atom. The molecule has 0 aromatic rings. The van der Waals surface area contributed by atoms with E-state index in [2.05, 4.69) is 27.7 Å². The predicted octanol–water partition coefficient (Wildman–Crippen LogP) is 5.20. The molecule has 0 aromatic heterocycles. The zero-order valence-electron chi connectivity index (χ0n) is 20.5. The first-order chi connectivity index (χ1) is 15.1. The molecule has 0 saturated carbocycles. The van der Waals surface area contributed by atoms with E-state index in [1.807, 2.05) is 24.3 Å². The molecule has 0 rings (SSSR count). The van der Waals surface area contributed by atoms with Crippen LogP contribution in [-0.4, -0.2) is 65.8 Å². The highest BCUT2D eigenvalue weighted by Gasteiger charge is 2.13. The Labute approximate surface area is 190 Å². The largest absolute Gasteiger partial charge is 0.352 e. The van der Waals surface area contributed by atoms with Gasteiger partial charge in [0.2, 0.25) is 0 Å². The Morgan fingerprint density at radius 2 is 0.871 bits per heavy atom. The van der Waals surface area contributed by atoms with E-state index in [0.29, 0.717) is 39.3 Å². The summed E-state index contributed by atoms with van der Waals surface area (Å²) in [4.78, 5) is 0. The van der Waals surface area contributed by atoms with Crippen molar-refractivity contribution in [2.24, 2.45) is 0 Å². The second-order valence-electron chi connectivity index (χ2n) is 7.01. The van der Waals surface area contributed by atoms with Gasteiger partial charge in [-0.25, -0.2) is 0 Å². The van der Waals surface area contributed by atoms with E-state index < -0.39 is 12.6 Å². The van der Waals surface area contributed by atoms with Crippen molar-refractivity contribution in [1.29, 1.82) is 0 Å². The molecule has 31 heavy (non-hydrogen) atoms. The van der Waals surface area contributed by atoms with Crippen LogP contribution in [0, 0.1) is 0 Å². The maximum atomic E-state index is 5.86. The minimum Gasteiger partial charge on any atom is -0.352 e. The molecule has 0 radical (unpaired) electrons.